The molecule has 0 aliphatic heterocycles. The zero-order valence-electron chi connectivity index (χ0n) is 15.2. The summed E-state index contributed by atoms with van der Waals surface area (Å²) in [6, 6.07) is 13.7. The van der Waals surface area contributed by atoms with Gasteiger partial charge in [0.1, 0.15) is 11.6 Å². The lowest BCUT2D eigenvalue weighted by Gasteiger charge is -2.09. The van der Waals surface area contributed by atoms with Crippen LogP contribution in [-0.4, -0.2) is 28.5 Å². The number of hydrogen-bond donors (Lipinski definition) is 0. The first-order valence-electron chi connectivity index (χ1n) is 8.39. The Bertz CT molecular complexity index is 1080. The Hall–Kier alpha value is -3.79. The van der Waals surface area contributed by atoms with E-state index in [2.05, 4.69) is 5.10 Å². The van der Waals surface area contributed by atoms with E-state index in [-0.39, 0.29) is 11.1 Å². The largest absolute Gasteiger partial charge is 0.497 e. The third-order valence-electron chi connectivity index (χ3n) is 4.35. The second-order valence-electron chi connectivity index (χ2n) is 6.05. The van der Waals surface area contributed by atoms with Crippen molar-refractivity contribution in [2.24, 2.45) is 5.92 Å². The topological polar surface area (TPSA) is 85.0 Å². The summed E-state index contributed by atoms with van der Waals surface area (Å²) in [5, 5.41) is 13.6. The maximum absolute atomic E-state index is 13.1. The molecule has 1 heterocycles. The molecule has 6 nitrogen and oxygen atoms in total. The minimum Gasteiger partial charge on any atom is -0.497 e. The van der Waals surface area contributed by atoms with Crippen molar-refractivity contribution in [1.82, 2.24) is 9.78 Å². The predicted octanol–water partition coefficient (Wildman–Crippen LogP) is 3.53. The molecule has 7 heteroatoms. The summed E-state index contributed by atoms with van der Waals surface area (Å²) in [5.41, 5.74) is 1.39. The molecule has 0 amide bonds. The number of carbonyl (C=O) groups is 2. The Morgan fingerprint density at radius 3 is 2.54 bits per heavy atom. The van der Waals surface area contributed by atoms with Gasteiger partial charge in [-0.1, -0.05) is 12.1 Å². The van der Waals surface area contributed by atoms with Gasteiger partial charge in [0, 0.05) is 5.56 Å². The molecular formula is C21H16FN3O3. The van der Waals surface area contributed by atoms with Crippen molar-refractivity contribution in [3.05, 3.63) is 77.4 Å². The number of benzene rings is 2. The molecule has 3 aromatic rings. The molecule has 0 saturated heterocycles. The van der Waals surface area contributed by atoms with Gasteiger partial charge in [-0.05, 0) is 43.3 Å². The van der Waals surface area contributed by atoms with Gasteiger partial charge in [0.2, 0.25) is 0 Å². The normalized spacial score (nSPS) is 11.5. The van der Waals surface area contributed by atoms with Crippen molar-refractivity contribution < 1.29 is 18.7 Å². The maximum atomic E-state index is 13.1. The lowest BCUT2D eigenvalue weighted by atomic mass is 9.91. The first kappa shape index (κ1) is 19.0. The van der Waals surface area contributed by atoms with E-state index in [1.54, 1.807) is 25.1 Å². The molecule has 0 radical (unpaired) electrons. The van der Waals surface area contributed by atoms with Gasteiger partial charge in [-0.3, -0.25) is 9.59 Å². The van der Waals surface area contributed by atoms with Crippen LogP contribution in [0.15, 0.2) is 54.7 Å². The molecule has 0 spiro atoms. The summed E-state index contributed by atoms with van der Waals surface area (Å²) >= 11 is 0. The van der Waals surface area contributed by atoms with Crippen molar-refractivity contribution in [3.8, 4) is 17.5 Å². The van der Waals surface area contributed by atoms with Crippen LogP contribution in [0.1, 0.15) is 26.4 Å². The van der Waals surface area contributed by atoms with Crippen molar-refractivity contribution in [2.45, 2.75) is 6.92 Å². The molecule has 0 bridgehead atoms. The van der Waals surface area contributed by atoms with E-state index in [9.17, 15) is 19.2 Å². The van der Waals surface area contributed by atoms with Crippen LogP contribution in [0.4, 0.5) is 4.39 Å². The number of rotatable bonds is 6. The van der Waals surface area contributed by atoms with Crippen LogP contribution in [0.3, 0.4) is 0 Å². The fraction of sp³-hybridized carbons (Fsp3) is 0.143. The van der Waals surface area contributed by atoms with Gasteiger partial charge in [0.05, 0.1) is 36.3 Å². The number of carbonyl (C=O) groups excluding carboxylic acids is 2. The molecule has 0 unspecified atom stereocenters. The highest BCUT2D eigenvalue weighted by molar-refractivity contribution is 6.18. The monoisotopic (exact) mass is 377 g/mol. The Labute approximate surface area is 160 Å². The van der Waals surface area contributed by atoms with Crippen LogP contribution in [0.5, 0.6) is 5.75 Å². The number of ketones is 2. The Balaban J connectivity index is 1.92. The van der Waals surface area contributed by atoms with Gasteiger partial charge in [-0.15, -0.1) is 0 Å². The number of halogens is 1. The van der Waals surface area contributed by atoms with Crippen LogP contribution in [0, 0.1) is 30.0 Å². The maximum Gasteiger partial charge on any atom is 0.191 e. The summed E-state index contributed by atoms with van der Waals surface area (Å²) in [5.74, 6) is -2.69. The molecule has 1 atom stereocenters. The highest BCUT2D eigenvalue weighted by atomic mass is 19.1. The van der Waals surface area contributed by atoms with E-state index in [1.165, 1.54) is 54.4 Å². The first-order valence-corrected chi connectivity index (χ1v) is 8.39. The van der Waals surface area contributed by atoms with Crippen LogP contribution in [0.25, 0.3) is 5.69 Å². The number of aromatic nitrogens is 2. The van der Waals surface area contributed by atoms with Crippen LogP contribution < -0.4 is 4.74 Å². The van der Waals surface area contributed by atoms with Gasteiger partial charge < -0.3 is 4.74 Å². The second kappa shape index (κ2) is 7.84. The molecule has 1 aromatic heterocycles. The third kappa shape index (κ3) is 3.53. The minimum absolute atomic E-state index is 0.159. The van der Waals surface area contributed by atoms with E-state index >= 15 is 0 Å². The van der Waals surface area contributed by atoms with Gasteiger partial charge in [0.15, 0.2) is 17.5 Å². The standard InChI is InChI=1S/C21H16FN3O3/c1-13-19(12-24-25(13)16-8-6-15(22)7-9-16)21(27)18(11-23)20(26)14-4-3-5-17(10-14)28-2/h3-10,12,18H,1-2H3/t18-/m1/s1. The highest BCUT2D eigenvalue weighted by Crippen LogP contribution is 2.21. The molecule has 0 N–H and O–H groups in total. The summed E-state index contributed by atoms with van der Waals surface area (Å²) in [6.45, 7) is 1.65. The zero-order valence-corrected chi connectivity index (χ0v) is 15.2. The smallest absolute Gasteiger partial charge is 0.191 e. The lowest BCUT2D eigenvalue weighted by molar-refractivity contribution is 0.0845. The van der Waals surface area contributed by atoms with Gasteiger partial charge in [0.25, 0.3) is 0 Å². The van der Waals surface area contributed by atoms with E-state index in [0.29, 0.717) is 17.1 Å². The summed E-state index contributed by atoms with van der Waals surface area (Å²) < 4.78 is 19.7. The lowest BCUT2D eigenvalue weighted by Crippen LogP contribution is -2.23. The summed E-state index contributed by atoms with van der Waals surface area (Å²) in [4.78, 5) is 25.6. The molecule has 3 rings (SSSR count). The number of Topliss-reactive ketones (excluding diaryl/α,β-unsaturated/α-hetero) is 2. The SMILES string of the molecule is COc1cccc(C(=O)[C@@H](C#N)C(=O)c2cnn(-c3ccc(F)cc3)c2C)c1. The van der Waals surface area contributed by atoms with E-state index in [0.717, 1.165) is 0 Å². The van der Waals surface area contributed by atoms with Crippen LogP contribution in [0.2, 0.25) is 0 Å². The first-order chi connectivity index (χ1) is 13.5. The average Bonchev–Trinajstić information content (AvgIpc) is 3.10. The zero-order chi connectivity index (χ0) is 20.3. The number of nitrogens with zero attached hydrogens (tertiary/aromatic N) is 3. The Kier molecular flexibility index (Phi) is 5.32. The van der Waals surface area contributed by atoms with E-state index in [4.69, 9.17) is 4.74 Å². The van der Waals surface area contributed by atoms with Crippen molar-refractivity contribution in [2.75, 3.05) is 7.11 Å². The Morgan fingerprint density at radius 2 is 1.89 bits per heavy atom. The molecule has 28 heavy (non-hydrogen) atoms. The summed E-state index contributed by atoms with van der Waals surface area (Å²) in [6.07, 6.45) is 1.31. The van der Waals surface area contributed by atoms with E-state index < -0.39 is 23.3 Å². The fourth-order valence-electron chi connectivity index (χ4n) is 2.83. The predicted molar refractivity (Wildman–Crippen MR) is 99.0 cm³/mol. The number of methoxy groups -OCH3 is 1. The molecule has 0 aliphatic rings. The number of hydrogen-bond acceptors (Lipinski definition) is 5. The van der Waals surface area contributed by atoms with E-state index in [1.807, 2.05) is 0 Å². The van der Waals surface area contributed by atoms with Crippen molar-refractivity contribution >= 4 is 11.6 Å². The molecule has 0 fully saturated rings. The van der Waals surface area contributed by atoms with Crippen molar-refractivity contribution in [1.29, 1.82) is 5.26 Å². The minimum atomic E-state index is -1.50. The molecule has 0 aliphatic carbocycles. The van der Waals surface area contributed by atoms with Crippen LogP contribution >= 0.6 is 0 Å². The molecular weight excluding hydrogens is 361 g/mol. The quantitative estimate of drug-likeness (QED) is 0.485. The second-order valence-corrected chi connectivity index (χ2v) is 6.05. The molecule has 0 saturated carbocycles. The fourth-order valence-corrected chi connectivity index (χ4v) is 2.83. The number of ether oxygens (including phenoxy) is 1. The molecule has 2 aromatic carbocycles. The van der Waals surface area contributed by atoms with Crippen molar-refractivity contribution in [3.63, 3.8) is 0 Å². The van der Waals surface area contributed by atoms with Gasteiger partial charge in [-0.25, -0.2) is 9.07 Å². The van der Waals surface area contributed by atoms with Gasteiger partial charge >= 0.3 is 0 Å². The summed E-state index contributed by atoms with van der Waals surface area (Å²) in [7, 11) is 1.46. The highest BCUT2D eigenvalue weighted by Gasteiger charge is 2.31. The molecule has 140 valence electrons. The number of nitriles is 1. The van der Waals surface area contributed by atoms with Crippen LogP contribution in [-0.2, 0) is 0 Å². The average molecular weight is 377 g/mol. The Morgan fingerprint density at radius 1 is 1.18 bits per heavy atom. The third-order valence-corrected chi connectivity index (χ3v) is 4.35. The van der Waals surface area contributed by atoms with Gasteiger partial charge in [-0.2, -0.15) is 10.4 Å².